The van der Waals surface area contributed by atoms with Crippen LogP contribution in [0.15, 0.2) is 65.8 Å². The van der Waals surface area contributed by atoms with Crippen molar-refractivity contribution >= 4 is 55.9 Å². The summed E-state index contributed by atoms with van der Waals surface area (Å²) in [4.78, 5) is 20.8. The number of nitrogens with zero attached hydrogens (tertiary/aromatic N) is 1. The molecule has 5 rings (SSSR count). The minimum atomic E-state index is -4.19. The van der Waals surface area contributed by atoms with Gasteiger partial charge in [0, 0.05) is 0 Å². The number of carbonyl (C=O) groups excluding carboxylic acids is 1. The Kier molecular flexibility index (Phi) is 6.66. The van der Waals surface area contributed by atoms with Gasteiger partial charge < -0.3 is 16.0 Å². The summed E-state index contributed by atoms with van der Waals surface area (Å²) in [5.74, 6) is -0.447. The zero-order chi connectivity index (χ0) is 26.4. The van der Waals surface area contributed by atoms with E-state index < -0.39 is 27.5 Å². The third kappa shape index (κ3) is 5.04. The standard InChI is InChI=1S/C26H25Cl2N5O3S/c1-26(9-8-16-4-2-3-5-18(16)26)32-25(34)23(11-15-6-7-21-22(10-15)31-14-30-21)33-37(35,36)17-12-19(27)24(29)20(28)13-17/h2-7,10,12-14,23,33H,8-9,11,29H2,1H3,(H,30,31)(H,32,34). The normalized spacial score (nSPS) is 18.0. The second kappa shape index (κ2) is 9.64. The molecule has 1 aliphatic carbocycles. The fourth-order valence-corrected chi connectivity index (χ4v) is 6.65. The average molecular weight is 558 g/mol. The van der Waals surface area contributed by atoms with Crippen LogP contribution >= 0.6 is 23.2 Å². The molecule has 2 unspecified atom stereocenters. The minimum Gasteiger partial charge on any atom is -0.396 e. The Morgan fingerprint density at radius 3 is 2.65 bits per heavy atom. The Morgan fingerprint density at radius 2 is 1.89 bits per heavy atom. The molecule has 5 N–H and O–H groups in total. The zero-order valence-electron chi connectivity index (χ0n) is 19.9. The number of hydrogen-bond donors (Lipinski definition) is 4. The number of rotatable bonds is 7. The molecule has 0 bridgehead atoms. The Balaban J connectivity index is 1.47. The SMILES string of the molecule is CC1(NC(=O)C(Cc2ccc3[nH]cnc3c2)NS(=O)(=O)c2cc(Cl)c(N)c(Cl)c2)CCc2ccccc21. The number of aromatic nitrogens is 2. The van der Waals surface area contributed by atoms with Gasteiger partial charge in [-0.1, -0.05) is 53.5 Å². The van der Waals surface area contributed by atoms with Crippen LogP contribution in [-0.4, -0.2) is 30.3 Å². The number of anilines is 1. The maximum atomic E-state index is 13.7. The predicted molar refractivity (Wildman–Crippen MR) is 145 cm³/mol. The summed E-state index contributed by atoms with van der Waals surface area (Å²) >= 11 is 12.2. The Labute approximate surface area is 224 Å². The van der Waals surface area contributed by atoms with E-state index in [2.05, 4.69) is 20.0 Å². The number of amides is 1. The smallest absolute Gasteiger partial charge is 0.241 e. The van der Waals surface area contributed by atoms with Gasteiger partial charge in [-0.25, -0.2) is 13.4 Å². The molecular weight excluding hydrogens is 533 g/mol. The highest BCUT2D eigenvalue weighted by Gasteiger charge is 2.38. The Bertz CT molecular complexity index is 1600. The Morgan fingerprint density at radius 1 is 1.16 bits per heavy atom. The van der Waals surface area contributed by atoms with Gasteiger partial charge in [-0.05, 0) is 67.1 Å². The highest BCUT2D eigenvalue weighted by atomic mass is 35.5. The number of nitrogens with two attached hydrogens (primary N) is 1. The maximum Gasteiger partial charge on any atom is 0.241 e. The van der Waals surface area contributed by atoms with Gasteiger partial charge in [0.2, 0.25) is 15.9 Å². The third-order valence-electron chi connectivity index (χ3n) is 6.81. The first-order valence-electron chi connectivity index (χ1n) is 11.6. The third-order valence-corrected chi connectivity index (χ3v) is 8.88. The number of carbonyl (C=O) groups is 1. The van der Waals surface area contributed by atoms with Gasteiger partial charge in [0.05, 0.1) is 43.5 Å². The minimum absolute atomic E-state index is 0.00735. The molecule has 4 aromatic rings. The lowest BCUT2D eigenvalue weighted by atomic mass is 9.93. The van der Waals surface area contributed by atoms with Crippen LogP contribution in [0.3, 0.4) is 0 Å². The number of H-pyrrole nitrogens is 1. The zero-order valence-corrected chi connectivity index (χ0v) is 22.2. The van der Waals surface area contributed by atoms with E-state index in [9.17, 15) is 13.2 Å². The molecule has 0 radical (unpaired) electrons. The van der Waals surface area contributed by atoms with Crippen LogP contribution < -0.4 is 15.8 Å². The predicted octanol–water partition coefficient (Wildman–Crippen LogP) is 4.32. The summed E-state index contributed by atoms with van der Waals surface area (Å²) in [6, 6.07) is 14.7. The molecule has 0 aliphatic heterocycles. The summed E-state index contributed by atoms with van der Waals surface area (Å²) in [6.45, 7) is 1.96. The van der Waals surface area contributed by atoms with Gasteiger partial charge in [-0.2, -0.15) is 4.72 Å². The summed E-state index contributed by atoms with van der Waals surface area (Å²) in [6.07, 6.45) is 3.21. The van der Waals surface area contributed by atoms with Gasteiger partial charge >= 0.3 is 0 Å². The van der Waals surface area contributed by atoms with Crippen LogP contribution in [0.2, 0.25) is 10.0 Å². The first-order chi connectivity index (χ1) is 17.6. The highest BCUT2D eigenvalue weighted by molar-refractivity contribution is 7.89. The molecule has 0 saturated heterocycles. The topological polar surface area (TPSA) is 130 Å². The molecule has 1 amide bonds. The number of imidazole rings is 1. The lowest BCUT2D eigenvalue weighted by Gasteiger charge is -2.30. The molecule has 0 spiro atoms. The van der Waals surface area contributed by atoms with Crippen LogP contribution in [0.1, 0.15) is 30.0 Å². The molecular formula is C26H25Cl2N5O3S. The van der Waals surface area contributed by atoms with Crippen molar-refractivity contribution in [3.8, 4) is 0 Å². The van der Waals surface area contributed by atoms with E-state index in [4.69, 9.17) is 28.9 Å². The molecule has 8 nitrogen and oxygen atoms in total. The monoisotopic (exact) mass is 557 g/mol. The Hall–Kier alpha value is -3.11. The largest absolute Gasteiger partial charge is 0.396 e. The lowest BCUT2D eigenvalue weighted by Crippen LogP contribution is -2.53. The maximum absolute atomic E-state index is 13.7. The highest BCUT2D eigenvalue weighted by Crippen LogP contribution is 2.36. The molecule has 2 atom stereocenters. The fourth-order valence-electron chi connectivity index (χ4n) is 4.78. The first kappa shape index (κ1) is 25.5. The molecule has 1 aromatic heterocycles. The number of aryl methyl sites for hydroxylation is 1. The van der Waals surface area contributed by atoms with Crippen LogP contribution in [0.4, 0.5) is 5.69 Å². The number of fused-ring (bicyclic) bond motifs is 2. The molecule has 3 aromatic carbocycles. The number of hydrogen-bond acceptors (Lipinski definition) is 5. The van der Waals surface area contributed by atoms with Crippen LogP contribution in [-0.2, 0) is 33.2 Å². The number of benzene rings is 3. The van der Waals surface area contributed by atoms with Crippen LogP contribution in [0.5, 0.6) is 0 Å². The fraction of sp³-hybridized carbons (Fsp3) is 0.231. The summed E-state index contributed by atoms with van der Waals surface area (Å²) < 4.78 is 29.3. The molecule has 37 heavy (non-hydrogen) atoms. The summed E-state index contributed by atoms with van der Waals surface area (Å²) in [5, 5.41) is 3.12. The number of sulfonamides is 1. The van der Waals surface area contributed by atoms with E-state index in [0.717, 1.165) is 28.6 Å². The van der Waals surface area contributed by atoms with Crippen molar-refractivity contribution in [2.75, 3.05) is 5.73 Å². The molecule has 192 valence electrons. The number of nitrogen functional groups attached to an aromatic ring is 1. The van der Waals surface area contributed by atoms with E-state index in [0.29, 0.717) is 11.9 Å². The van der Waals surface area contributed by atoms with Crippen molar-refractivity contribution in [1.82, 2.24) is 20.0 Å². The van der Waals surface area contributed by atoms with Crippen LogP contribution in [0, 0.1) is 0 Å². The van der Waals surface area contributed by atoms with Crippen molar-refractivity contribution in [1.29, 1.82) is 0 Å². The van der Waals surface area contributed by atoms with E-state index in [-0.39, 0.29) is 27.0 Å². The van der Waals surface area contributed by atoms with Crippen molar-refractivity contribution in [2.45, 2.75) is 42.7 Å². The molecule has 1 heterocycles. The summed E-state index contributed by atoms with van der Waals surface area (Å²) in [5.41, 5.74) is 9.72. The van der Waals surface area contributed by atoms with E-state index in [1.54, 1.807) is 6.33 Å². The average Bonchev–Trinajstić information content (AvgIpc) is 3.46. The number of nitrogens with one attached hydrogen (secondary N) is 3. The van der Waals surface area contributed by atoms with Crippen molar-refractivity contribution in [3.63, 3.8) is 0 Å². The molecule has 0 fully saturated rings. The van der Waals surface area contributed by atoms with E-state index in [1.807, 2.05) is 49.4 Å². The van der Waals surface area contributed by atoms with Gasteiger partial charge in [-0.3, -0.25) is 4.79 Å². The summed E-state index contributed by atoms with van der Waals surface area (Å²) in [7, 11) is -4.19. The molecule has 0 saturated carbocycles. The van der Waals surface area contributed by atoms with Gasteiger partial charge in [-0.15, -0.1) is 0 Å². The van der Waals surface area contributed by atoms with Crippen molar-refractivity contribution < 1.29 is 13.2 Å². The van der Waals surface area contributed by atoms with E-state index >= 15 is 0 Å². The van der Waals surface area contributed by atoms with Gasteiger partial charge in [0.15, 0.2) is 0 Å². The quantitative estimate of drug-likeness (QED) is 0.251. The van der Waals surface area contributed by atoms with Gasteiger partial charge in [0.1, 0.15) is 6.04 Å². The second-order valence-electron chi connectivity index (χ2n) is 9.41. The van der Waals surface area contributed by atoms with Crippen molar-refractivity contribution in [2.24, 2.45) is 0 Å². The molecule has 11 heteroatoms. The van der Waals surface area contributed by atoms with Crippen molar-refractivity contribution in [3.05, 3.63) is 87.7 Å². The van der Waals surface area contributed by atoms with Gasteiger partial charge in [0.25, 0.3) is 0 Å². The number of aromatic amines is 1. The first-order valence-corrected chi connectivity index (χ1v) is 13.9. The van der Waals surface area contributed by atoms with E-state index in [1.165, 1.54) is 12.1 Å². The molecule has 1 aliphatic rings. The lowest BCUT2D eigenvalue weighted by molar-refractivity contribution is -0.124. The van der Waals surface area contributed by atoms with Crippen LogP contribution in [0.25, 0.3) is 11.0 Å². The number of halogens is 2. The second-order valence-corrected chi connectivity index (χ2v) is 11.9.